The number of nitrogens with one attached hydrogen (secondary N) is 2. The molecule has 0 radical (unpaired) electrons. The highest BCUT2D eigenvalue weighted by Crippen LogP contribution is 2.34. The number of aromatic carboxylic acids is 1. The summed E-state index contributed by atoms with van der Waals surface area (Å²) < 4.78 is 30.0. The van der Waals surface area contributed by atoms with Gasteiger partial charge in [-0.3, -0.25) is 4.79 Å². The average molecular weight is 390 g/mol. The molecule has 3 N–H and O–H groups in total. The Hall–Kier alpha value is -3.19. The average Bonchev–Trinajstić information content (AvgIpc) is 3.42. The van der Waals surface area contributed by atoms with Crippen molar-refractivity contribution in [2.75, 3.05) is 4.72 Å². The number of rotatable bonds is 6. The maximum Gasteiger partial charge on any atom is 0.338 e. The van der Waals surface area contributed by atoms with Gasteiger partial charge < -0.3 is 15.1 Å². The van der Waals surface area contributed by atoms with Crippen LogP contribution in [0.4, 0.5) is 14.5 Å². The SMILES string of the molecule is N#CC1(NC(=O)c2ccc(SNc3cc(F)c(C(=O)O)cc3F)nc2)CC1. The summed E-state index contributed by atoms with van der Waals surface area (Å²) in [5.41, 5.74) is -1.52. The van der Waals surface area contributed by atoms with Gasteiger partial charge in [-0.25, -0.2) is 18.6 Å². The summed E-state index contributed by atoms with van der Waals surface area (Å²) in [6, 6.07) is 6.37. The van der Waals surface area contributed by atoms with Gasteiger partial charge in [0, 0.05) is 24.2 Å². The number of anilines is 1. The summed E-state index contributed by atoms with van der Waals surface area (Å²) in [4.78, 5) is 26.9. The van der Waals surface area contributed by atoms with Gasteiger partial charge in [0.15, 0.2) is 0 Å². The number of benzene rings is 1. The van der Waals surface area contributed by atoms with E-state index < -0.39 is 34.6 Å². The summed E-state index contributed by atoms with van der Waals surface area (Å²) >= 11 is 0.862. The summed E-state index contributed by atoms with van der Waals surface area (Å²) in [6.07, 6.45) is 2.53. The van der Waals surface area contributed by atoms with Gasteiger partial charge >= 0.3 is 5.97 Å². The number of carbonyl (C=O) groups excluding carboxylic acids is 1. The third-order valence-electron chi connectivity index (χ3n) is 3.87. The van der Waals surface area contributed by atoms with E-state index in [4.69, 9.17) is 10.4 Å². The summed E-state index contributed by atoms with van der Waals surface area (Å²) in [6.45, 7) is 0. The Morgan fingerprint density at radius 2 is 2.00 bits per heavy atom. The Labute approximate surface area is 156 Å². The van der Waals surface area contributed by atoms with E-state index in [2.05, 4.69) is 21.1 Å². The number of pyridine rings is 1. The maximum absolute atomic E-state index is 13.9. The lowest BCUT2D eigenvalue weighted by atomic mass is 10.2. The number of hydrogen-bond donors (Lipinski definition) is 3. The van der Waals surface area contributed by atoms with Crippen molar-refractivity contribution >= 4 is 29.5 Å². The third kappa shape index (κ3) is 4.15. The second kappa shape index (κ2) is 7.20. The highest BCUT2D eigenvalue weighted by atomic mass is 32.2. The van der Waals surface area contributed by atoms with Crippen molar-refractivity contribution < 1.29 is 23.5 Å². The number of nitriles is 1. The van der Waals surface area contributed by atoms with Crippen molar-refractivity contribution in [3.8, 4) is 6.07 Å². The zero-order chi connectivity index (χ0) is 19.6. The molecule has 3 rings (SSSR count). The first-order valence-electron chi connectivity index (χ1n) is 7.68. The fourth-order valence-corrected chi connectivity index (χ4v) is 2.76. The lowest BCUT2D eigenvalue weighted by molar-refractivity contribution is 0.0691. The van der Waals surface area contributed by atoms with Crippen LogP contribution in [-0.2, 0) is 0 Å². The first-order chi connectivity index (χ1) is 12.8. The molecular formula is C17H12F2N4O3S. The monoisotopic (exact) mass is 390 g/mol. The van der Waals surface area contributed by atoms with E-state index in [0.717, 1.165) is 18.0 Å². The number of aromatic nitrogens is 1. The number of carboxylic acids is 1. The van der Waals surface area contributed by atoms with E-state index in [-0.39, 0.29) is 11.3 Å². The van der Waals surface area contributed by atoms with Gasteiger partial charge in [-0.15, -0.1) is 0 Å². The van der Waals surface area contributed by atoms with Gasteiger partial charge in [-0.2, -0.15) is 5.26 Å². The molecule has 0 saturated heterocycles. The highest BCUT2D eigenvalue weighted by Gasteiger charge is 2.44. The van der Waals surface area contributed by atoms with Gasteiger partial charge in [-0.05, 0) is 31.0 Å². The lowest BCUT2D eigenvalue weighted by Crippen LogP contribution is -2.35. The fraction of sp³-hybridized carbons (Fsp3) is 0.176. The Morgan fingerprint density at radius 3 is 2.56 bits per heavy atom. The van der Waals surface area contributed by atoms with Crippen LogP contribution in [0.2, 0.25) is 0 Å². The molecule has 10 heteroatoms. The number of hydrogen-bond acceptors (Lipinski definition) is 6. The normalized spacial score (nSPS) is 14.1. The summed E-state index contributed by atoms with van der Waals surface area (Å²) in [5.74, 6) is -3.98. The van der Waals surface area contributed by atoms with Gasteiger partial charge in [0.05, 0.1) is 22.9 Å². The van der Waals surface area contributed by atoms with Crippen molar-refractivity contribution in [3.63, 3.8) is 0 Å². The zero-order valence-corrected chi connectivity index (χ0v) is 14.4. The fourth-order valence-electron chi connectivity index (χ4n) is 2.15. The molecule has 1 heterocycles. The van der Waals surface area contributed by atoms with Crippen LogP contribution >= 0.6 is 11.9 Å². The second-order valence-electron chi connectivity index (χ2n) is 5.85. The standard InChI is InChI=1S/C17H12F2N4O3S/c18-11-6-13(12(19)5-10(11)16(25)26)23-27-14-2-1-9(7-21-14)15(24)22-17(8-20)3-4-17/h1-2,5-7,23H,3-4H2,(H,22,24)(H,25,26). The molecule has 0 bridgehead atoms. The van der Waals surface area contributed by atoms with Crippen LogP contribution in [0, 0.1) is 23.0 Å². The van der Waals surface area contributed by atoms with E-state index >= 15 is 0 Å². The van der Waals surface area contributed by atoms with Crippen LogP contribution in [0.5, 0.6) is 0 Å². The van der Waals surface area contributed by atoms with Crippen molar-refractivity contribution in [1.82, 2.24) is 10.3 Å². The molecule has 1 aliphatic rings. The van der Waals surface area contributed by atoms with Crippen LogP contribution in [-0.4, -0.2) is 27.5 Å². The van der Waals surface area contributed by atoms with Crippen LogP contribution in [0.25, 0.3) is 0 Å². The first-order valence-corrected chi connectivity index (χ1v) is 8.50. The molecule has 1 aromatic heterocycles. The molecular weight excluding hydrogens is 378 g/mol. The molecule has 0 spiro atoms. The molecule has 1 saturated carbocycles. The molecule has 1 amide bonds. The minimum absolute atomic E-state index is 0.240. The zero-order valence-electron chi connectivity index (χ0n) is 13.6. The third-order valence-corrected chi connectivity index (χ3v) is 4.64. The van der Waals surface area contributed by atoms with Gasteiger partial charge in [0.25, 0.3) is 5.91 Å². The number of halogens is 2. The van der Waals surface area contributed by atoms with E-state index in [1.165, 1.54) is 18.3 Å². The minimum Gasteiger partial charge on any atom is -0.478 e. The van der Waals surface area contributed by atoms with Crippen molar-refractivity contribution in [2.24, 2.45) is 0 Å². The Balaban J connectivity index is 1.64. The van der Waals surface area contributed by atoms with E-state index in [0.29, 0.717) is 23.9 Å². The van der Waals surface area contributed by atoms with Gasteiger partial charge in [-0.1, -0.05) is 0 Å². The first kappa shape index (κ1) is 18.6. The number of amides is 1. The van der Waals surface area contributed by atoms with E-state index in [1.807, 2.05) is 0 Å². The van der Waals surface area contributed by atoms with Gasteiger partial charge in [0.1, 0.15) is 22.2 Å². The van der Waals surface area contributed by atoms with Crippen molar-refractivity contribution in [3.05, 3.63) is 53.2 Å². The molecule has 0 atom stereocenters. The predicted octanol–water partition coefficient (Wildman–Crippen LogP) is 2.96. The van der Waals surface area contributed by atoms with Crippen molar-refractivity contribution in [2.45, 2.75) is 23.4 Å². The molecule has 1 fully saturated rings. The van der Waals surface area contributed by atoms with Crippen LogP contribution in [0.3, 0.4) is 0 Å². The van der Waals surface area contributed by atoms with Crippen molar-refractivity contribution in [1.29, 1.82) is 5.26 Å². The number of nitrogens with zero attached hydrogens (tertiary/aromatic N) is 2. The quantitative estimate of drug-likeness (QED) is 0.650. The van der Waals surface area contributed by atoms with Crippen LogP contribution < -0.4 is 10.0 Å². The molecule has 2 aromatic rings. The number of carbonyl (C=O) groups is 2. The molecule has 7 nitrogen and oxygen atoms in total. The smallest absolute Gasteiger partial charge is 0.338 e. The van der Waals surface area contributed by atoms with E-state index in [1.54, 1.807) is 0 Å². The summed E-state index contributed by atoms with van der Waals surface area (Å²) in [5, 5.41) is 20.7. The minimum atomic E-state index is -1.56. The highest BCUT2D eigenvalue weighted by molar-refractivity contribution is 8.00. The molecule has 0 aliphatic heterocycles. The Bertz CT molecular complexity index is 956. The molecule has 1 aromatic carbocycles. The van der Waals surface area contributed by atoms with Crippen LogP contribution in [0.1, 0.15) is 33.6 Å². The molecule has 1 aliphatic carbocycles. The van der Waals surface area contributed by atoms with Crippen LogP contribution in [0.15, 0.2) is 35.5 Å². The molecule has 27 heavy (non-hydrogen) atoms. The second-order valence-corrected chi connectivity index (χ2v) is 6.68. The largest absolute Gasteiger partial charge is 0.478 e. The van der Waals surface area contributed by atoms with E-state index in [9.17, 15) is 18.4 Å². The maximum atomic E-state index is 13.9. The lowest BCUT2D eigenvalue weighted by Gasteiger charge is -2.10. The topological polar surface area (TPSA) is 115 Å². The molecule has 0 unspecified atom stereocenters. The van der Waals surface area contributed by atoms with Gasteiger partial charge in [0.2, 0.25) is 0 Å². The summed E-state index contributed by atoms with van der Waals surface area (Å²) in [7, 11) is 0. The molecule has 138 valence electrons. The Kier molecular flexibility index (Phi) is 4.96. The Morgan fingerprint density at radius 1 is 1.26 bits per heavy atom. The number of carboxylic acid groups (broad SMARTS) is 1. The predicted molar refractivity (Wildman–Crippen MR) is 92.1 cm³/mol.